The maximum absolute atomic E-state index is 12.7. The molecule has 1 fully saturated rings. The minimum Gasteiger partial charge on any atom is -0.354 e. The second kappa shape index (κ2) is 8.42. The van der Waals surface area contributed by atoms with Crippen molar-refractivity contribution >= 4 is 27.5 Å². The molecule has 1 aliphatic rings. The fourth-order valence-electron chi connectivity index (χ4n) is 3.28. The van der Waals surface area contributed by atoms with Crippen LogP contribution >= 0.6 is 11.6 Å². The van der Waals surface area contributed by atoms with Gasteiger partial charge in [0.1, 0.15) is 0 Å². The highest BCUT2D eigenvalue weighted by Crippen LogP contribution is 2.44. The normalized spacial score (nSPS) is 15.7. The monoisotopic (exact) mass is 406 g/mol. The maximum atomic E-state index is 12.7. The second-order valence-corrected chi connectivity index (χ2v) is 9.19. The molecule has 0 aliphatic heterocycles. The Morgan fingerprint density at radius 3 is 2.30 bits per heavy atom. The van der Waals surface area contributed by atoms with Gasteiger partial charge in [0, 0.05) is 18.1 Å². The van der Waals surface area contributed by atoms with Gasteiger partial charge < -0.3 is 5.32 Å². The molecule has 0 unspecified atom stereocenters. The smallest absolute Gasteiger partial charge is 0.230 e. The van der Waals surface area contributed by atoms with Crippen LogP contribution in [0.25, 0.3) is 0 Å². The molecule has 0 spiro atoms. The molecular weight excluding hydrogens is 384 g/mol. The number of benzene rings is 2. The Labute approximate surface area is 165 Å². The molecule has 7 heteroatoms. The summed E-state index contributed by atoms with van der Waals surface area (Å²) in [5.41, 5.74) is 1.26. The molecule has 0 atom stereocenters. The van der Waals surface area contributed by atoms with Crippen LogP contribution in [0, 0.1) is 0 Å². The number of sulfonamides is 1. The van der Waals surface area contributed by atoms with Crippen molar-refractivity contribution in [1.82, 2.24) is 10.0 Å². The summed E-state index contributed by atoms with van der Waals surface area (Å²) in [6.07, 6.45) is 2.51. The van der Waals surface area contributed by atoms with Crippen molar-refractivity contribution in [1.29, 1.82) is 0 Å². The number of nitrogens with one attached hydrogen (secondary N) is 2. The van der Waals surface area contributed by atoms with E-state index in [1.54, 1.807) is 12.1 Å². The fourth-order valence-corrected chi connectivity index (χ4v) is 4.30. The molecule has 2 N–H and O–H groups in total. The van der Waals surface area contributed by atoms with Gasteiger partial charge in [-0.25, -0.2) is 13.1 Å². The minimum absolute atomic E-state index is 0.0816. The maximum Gasteiger partial charge on any atom is 0.230 e. The molecule has 3 rings (SSSR count). The highest BCUT2D eigenvalue weighted by molar-refractivity contribution is 7.89. The summed E-state index contributed by atoms with van der Waals surface area (Å²) in [4.78, 5) is 12.7. The average Bonchev–Trinajstić information content (AvgIpc) is 2.61. The molecule has 144 valence electrons. The summed E-state index contributed by atoms with van der Waals surface area (Å²) in [6.45, 7) is 0.324. The van der Waals surface area contributed by atoms with Gasteiger partial charge in [-0.15, -0.1) is 0 Å². The van der Waals surface area contributed by atoms with E-state index in [4.69, 9.17) is 11.6 Å². The fraction of sp³-hybridized carbons (Fsp3) is 0.350. The first-order valence-electron chi connectivity index (χ1n) is 8.97. The largest absolute Gasteiger partial charge is 0.354 e. The highest BCUT2D eigenvalue weighted by atomic mass is 35.5. The first-order valence-corrected chi connectivity index (χ1v) is 11.0. The topological polar surface area (TPSA) is 75.3 Å². The van der Waals surface area contributed by atoms with Crippen LogP contribution in [-0.4, -0.2) is 26.6 Å². The van der Waals surface area contributed by atoms with Crippen LogP contribution < -0.4 is 10.0 Å². The molecule has 0 heterocycles. The lowest BCUT2D eigenvalue weighted by Crippen LogP contribution is -2.50. The van der Waals surface area contributed by atoms with Crippen molar-refractivity contribution < 1.29 is 13.2 Å². The van der Waals surface area contributed by atoms with Crippen LogP contribution in [0.5, 0.6) is 0 Å². The van der Waals surface area contributed by atoms with Gasteiger partial charge in [0.2, 0.25) is 15.9 Å². The number of carbonyl (C=O) groups is 1. The molecule has 0 saturated heterocycles. The molecule has 5 nitrogen and oxygen atoms in total. The molecule has 2 aromatic carbocycles. The first kappa shape index (κ1) is 19.9. The van der Waals surface area contributed by atoms with Gasteiger partial charge in [0.15, 0.2) is 0 Å². The summed E-state index contributed by atoms with van der Waals surface area (Å²) in [7, 11) is -3.46. The first-order chi connectivity index (χ1) is 12.9. The molecule has 1 amide bonds. The Balaban J connectivity index is 1.53. The molecule has 1 aliphatic carbocycles. The number of hydrogen-bond acceptors (Lipinski definition) is 3. The van der Waals surface area contributed by atoms with Crippen LogP contribution in [0.4, 0.5) is 0 Å². The zero-order valence-corrected chi connectivity index (χ0v) is 16.5. The Kier molecular flexibility index (Phi) is 6.19. The van der Waals surface area contributed by atoms with Crippen LogP contribution in [0.3, 0.4) is 0 Å². The van der Waals surface area contributed by atoms with Crippen molar-refractivity contribution in [3.05, 3.63) is 70.7 Å². The number of carbonyl (C=O) groups excluding carboxylic acids is 1. The van der Waals surface area contributed by atoms with Gasteiger partial charge in [-0.05, 0) is 36.1 Å². The van der Waals surface area contributed by atoms with Crippen molar-refractivity contribution in [2.24, 2.45) is 0 Å². The Bertz CT molecular complexity index is 879. The summed E-state index contributed by atoms with van der Waals surface area (Å²) in [5, 5.41) is 3.43. The zero-order chi connectivity index (χ0) is 19.3. The molecule has 1 saturated carbocycles. The van der Waals surface area contributed by atoms with E-state index in [9.17, 15) is 13.2 Å². The molecule has 0 radical (unpaired) electrons. The van der Waals surface area contributed by atoms with Crippen molar-refractivity contribution in [3.8, 4) is 0 Å². The molecule has 27 heavy (non-hydrogen) atoms. The van der Waals surface area contributed by atoms with Crippen molar-refractivity contribution in [2.75, 3.05) is 12.3 Å². The lowest BCUT2D eigenvalue weighted by atomic mass is 9.64. The van der Waals surface area contributed by atoms with Gasteiger partial charge in [-0.3, -0.25) is 4.79 Å². The van der Waals surface area contributed by atoms with E-state index in [1.807, 2.05) is 42.5 Å². The van der Waals surface area contributed by atoms with Crippen LogP contribution in [-0.2, 0) is 26.8 Å². The summed E-state index contributed by atoms with van der Waals surface area (Å²) < 4.78 is 26.9. The van der Waals surface area contributed by atoms with E-state index in [0.29, 0.717) is 5.02 Å². The minimum atomic E-state index is -3.46. The van der Waals surface area contributed by atoms with Gasteiger partial charge in [-0.1, -0.05) is 60.5 Å². The third-order valence-corrected chi connectivity index (χ3v) is 6.61. The van der Waals surface area contributed by atoms with Crippen LogP contribution in [0.1, 0.15) is 30.4 Å². The Morgan fingerprint density at radius 2 is 1.70 bits per heavy atom. The molecule has 2 aromatic rings. The van der Waals surface area contributed by atoms with E-state index in [1.165, 1.54) is 0 Å². The van der Waals surface area contributed by atoms with Gasteiger partial charge in [-0.2, -0.15) is 0 Å². The van der Waals surface area contributed by atoms with Gasteiger partial charge in [0.25, 0.3) is 0 Å². The molecule has 0 bridgehead atoms. The van der Waals surface area contributed by atoms with E-state index in [-0.39, 0.29) is 24.7 Å². The Hall–Kier alpha value is -1.89. The summed E-state index contributed by atoms with van der Waals surface area (Å²) >= 11 is 5.94. The summed E-state index contributed by atoms with van der Waals surface area (Å²) in [6, 6.07) is 16.6. The third-order valence-electron chi connectivity index (χ3n) is 5.03. The van der Waals surface area contributed by atoms with Crippen LogP contribution in [0.2, 0.25) is 5.02 Å². The quantitative estimate of drug-likeness (QED) is 0.707. The number of rotatable bonds is 8. The third kappa shape index (κ3) is 4.89. The van der Waals surface area contributed by atoms with Crippen molar-refractivity contribution in [2.45, 2.75) is 31.2 Å². The SMILES string of the molecule is O=C(NCCS(=O)(=O)NCc1ccccc1)C1(c2ccc(Cl)cc2)CCC1. The Morgan fingerprint density at radius 1 is 1.04 bits per heavy atom. The standard InChI is InChI=1S/C20H23ClN2O3S/c21-18-9-7-17(8-10-18)20(11-4-12-20)19(24)22-13-14-27(25,26)23-15-16-5-2-1-3-6-16/h1-3,5-10,23H,4,11-15H2,(H,22,24). The van der Waals surface area contributed by atoms with E-state index >= 15 is 0 Å². The molecule has 0 aromatic heterocycles. The lowest BCUT2D eigenvalue weighted by molar-refractivity contribution is -0.129. The summed E-state index contributed by atoms with van der Waals surface area (Å²) in [5.74, 6) is -0.267. The predicted molar refractivity (Wildman–Crippen MR) is 107 cm³/mol. The van der Waals surface area contributed by atoms with Gasteiger partial charge >= 0.3 is 0 Å². The molecular formula is C20H23ClN2O3S. The van der Waals surface area contributed by atoms with Gasteiger partial charge in [0.05, 0.1) is 11.2 Å². The zero-order valence-electron chi connectivity index (χ0n) is 14.9. The number of amides is 1. The van der Waals surface area contributed by atoms with Crippen molar-refractivity contribution in [3.63, 3.8) is 0 Å². The highest BCUT2D eigenvalue weighted by Gasteiger charge is 2.45. The van der Waals surface area contributed by atoms with E-state index < -0.39 is 15.4 Å². The number of hydrogen-bond donors (Lipinski definition) is 2. The van der Waals surface area contributed by atoms with E-state index in [2.05, 4.69) is 10.0 Å². The van der Waals surface area contributed by atoms with E-state index in [0.717, 1.165) is 30.4 Å². The average molecular weight is 407 g/mol. The second-order valence-electron chi connectivity index (χ2n) is 6.82. The lowest BCUT2D eigenvalue weighted by Gasteiger charge is -2.40. The number of halogens is 1. The van der Waals surface area contributed by atoms with Crippen LogP contribution in [0.15, 0.2) is 54.6 Å². The predicted octanol–water partition coefficient (Wildman–Crippen LogP) is 3.00.